The Morgan fingerprint density at radius 2 is 1.33 bits per heavy atom. The second kappa shape index (κ2) is 24.8. The Hall–Kier alpha value is -2.86. The second-order valence-electron chi connectivity index (χ2n) is 17.2. The average Bonchev–Trinajstić information content (AvgIpc) is 3.43. The first-order valence-electron chi connectivity index (χ1n) is 22.3. The van der Waals surface area contributed by atoms with E-state index in [1.54, 1.807) is 13.0 Å². The first-order chi connectivity index (χ1) is 29.3. The smallest absolute Gasteiger partial charge is 0.407 e. The molecular weight excluding hydrogens is 817 g/mol. The summed E-state index contributed by atoms with van der Waals surface area (Å²) in [5.74, 6) is -1.35. The predicted octanol–water partition coefficient (Wildman–Crippen LogP) is 4.94. The summed E-state index contributed by atoms with van der Waals surface area (Å²) in [6.45, 7) is 9.56. The van der Waals surface area contributed by atoms with E-state index in [4.69, 9.17) is 40.0 Å². The molecule has 15 nitrogen and oxygen atoms in total. The molecule has 0 bridgehead atoms. The lowest BCUT2D eigenvalue weighted by atomic mass is 9.44. The van der Waals surface area contributed by atoms with E-state index in [9.17, 15) is 29.4 Å². The van der Waals surface area contributed by atoms with E-state index < -0.39 is 58.1 Å². The molecule has 0 spiro atoms. The zero-order chi connectivity index (χ0) is 44.4. The van der Waals surface area contributed by atoms with Crippen molar-refractivity contribution in [3.05, 3.63) is 23.8 Å². The highest BCUT2D eigenvalue weighted by Gasteiger charge is 2.75. The van der Waals surface area contributed by atoms with E-state index in [1.807, 2.05) is 13.8 Å². The zero-order valence-corrected chi connectivity index (χ0v) is 37.2. The van der Waals surface area contributed by atoms with E-state index in [-0.39, 0.29) is 57.8 Å². The summed E-state index contributed by atoms with van der Waals surface area (Å²) >= 11 is 5.65. The molecule has 0 aliphatic heterocycles. The van der Waals surface area contributed by atoms with Gasteiger partial charge in [-0.25, -0.2) is 14.0 Å². The van der Waals surface area contributed by atoms with Crippen molar-refractivity contribution in [2.75, 3.05) is 91.6 Å². The third kappa shape index (κ3) is 12.9. The number of halogens is 2. The monoisotopic (exact) mass is 887 g/mol. The van der Waals surface area contributed by atoms with Gasteiger partial charge in [-0.15, -0.1) is 11.6 Å². The molecular formula is C44H71ClFN3O12. The molecule has 4 aliphatic rings. The summed E-state index contributed by atoms with van der Waals surface area (Å²) in [5, 5.41) is 31.9. The van der Waals surface area contributed by atoms with E-state index in [0.29, 0.717) is 96.0 Å². The van der Waals surface area contributed by atoms with Crippen molar-refractivity contribution in [2.45, 2.75) is 109 Å². The van der Waals surface area contributed by atoms with Crippen LogP contribution in [0.4, 0.5) is 14.0 Å². The summed E-state index contributed by atoms with van der Waals surface area (Å²) in [6, 6.07) is 0. The van der Waals surface area contributed by atoms with Crippen molar-refractivity contribution >= 4 is 35.5 Å². The molecule has 17 heteroatoms. The molecule has 0 aromatic rings. The number of carbonyl (C=O) groups excluding carboxylic acids is 4. The lowest BCUT2D eigenvalue weighted by Crippen LogP contribution is -2.70. The number of aliphatic hydroxyl groups is 2. The van der Waals surface area contributed by atoms with Gasteiger partial charge in [0.2, 0.25) is 0 Å². The van der Waals surface area contributed by atoms with Crippen LogP contribution in [0.5, 0.6) is 0 Å². The molecule has 5 N–H and O–H groups in total. The summed E-state index contributed by atoms with van der Waals surface area (Å²) in [7, 11) is 0. The predicted molar refractivity (Wildman–Crippen MR) is 226 cm³/mol. The first kappa shape index (κ1) is 50.8. The second-order valence-corrected chi connectivity index (χ2v) is 17.5. The van der Waals surface area contributed by atoms with Gasteiger partial charge >= 0.3 is 12.2 Å². The number of allylic oxidation sites excluding steroid dienone is 4. The lowest BCUT2D eigenvalue weighted by Gasteiger charge is -2.62. The highest BCUT2D eigenvalue weighted by molar-refractivity contribution is 6.17. The zero-order valence-electron chi connectivity index (χ0n) is 36.5. The van der Waals surface area contributed by atoms with Crippen molar-refractivity contribution in [3.63, 3.8) is 0 Å². The van der Waals surface area contributed by atoms with Gasteiger partial charge in [-0.05, 0) is 88.7 Å². The third-order valence-corrected chi connectivity index (χ3v) is 13.6. The molecule has 8 atom stereocenters. The van der Waals surface area contributed by atoms with Crippen molar-refractivity contribution < 1.29 is 62.2 Å². The van der Waals surface area contributed by atoms with E-state index in [0.717, 1.165) is 25.7 Å². The van der Waals surface area contributed by atoms with Gasteiger partial charge in [-0.1, -0.05) is 38.3 Å². The number of carbonyl (C=O) groups is 4. The fourth-order valence-corrected chi connectivity index (χ4v) is 10.2. The van der Waals surface area contributed by atoms with Crippen LogP contribution in [0.15, 0.2) is 23.8 Å². The number of hydrogen-bond acceptors (Lipinski definition) is 12. The number of nitrogens with one attached hydrogen (secondary N) is 3. The number of aliphatic hydroxyl groups excluding tert-OH is 1. The summed E-state index contributed by atoms with van der Waals surface area (Å²) in [5.41, 5.74) is -5.30. The SMILES string of the molecule is C[C@@H]1CC2[C@@H]3CCC4=CC(=O)C=C[C@]4(C)[C@@]3(F)[C@@H](O)C[C@]2(C)[C@@]1(O)C(=O)NCCCCCNC(=O)OCCOCCOCCOC(=O)NCCOCCOCCCCCCCl. The van der Waals surface area contributed by atoms with Crippen LogP contribution in [0.3, 0.4) is 0 Å². The van der Waals surface area contributed by atoms with Gasteiger partial charge in [0.15, 0.2) is 17.1 Å². The average molecular weight is 889 g/mol. The highest BCUT2D eigenvalue weighted by Crippen LogP contribution is 2.70. The number of unbranched alkanes of at least 4 members (excludes halogenated alkanes) is 5. The van der Waals surface area contributed by atoms with Crippen LogP contribution in [0.25, 0.3) is 0 Å². The lowest BCUT2D eigenvalue weighted by molar-refractivity contribution is -0.219. The van der Waals surface area contributed by atoms with Crippen LogP contribution < -0.4 is 16.0 Å². The van der Waals surface area contributed by atoms with Crippen LogP contribution in [-0.2, 0) is 38.0 Å². The molecule has 0 saturated heterocycles. The Bertz CT molecular complexity index is 1490. The maximum absolute atomic E-state index is 17.4. The van der Waals surface area contributed by atoms with Gasteiger partial charge in [0.05, 0.1) is 52.4 Å². The quantitative estimate of drug-likeness (QED) is 0.0525. The molecule has 3 saturated carbocycles. The van der Waals surface area contributed by atoms with Gasteiger partial charge in [0, 0.05) is 48.9 Å². The highest BCUT2D eigenvalue weighted by atomic mass is 35.5. The van der Waals surface area contributed by atoms with Gasteiger partial charge in [0.25, 0.3) is 5.91 Å². The molecule has 3 amide bonds. The molecule has 1 unspecified atom stereocenters. The standard InChI is InChI=1S/C44H71ClFN3O12/c1-32-29-36-35-12-11-33-30-34(50)13-14-41(33,2)43(35,46)37(51)31-42(36,3)44(32,55)38(52)47-16-8-6-9-17-48-39(53)60-27-25-58-23-24-59-26-28-61-40(54)49-18-20-57-22-21-56-19-10-5-4-7-15-45/h13-14,30,32,35-37,51,55H,4-12,15-29,31H2,1-3H3,(H,47,52)(H,48,53)(H,49,54)/t32-,35+,36?,37+,41+,42+,43+,44+/m1/s1. The Balaban J connectivity index is 0.967. The molecule has 4 aliphatic carbocycles. The summed E-state index contributed by atoms with van der Waals surface area (Å²) in [6.07, 6.45) is 9.50. The van der Waals surface area contributed by atoms with Crippen LogP contribution >= 0.6 is 11.6 Å². The fourth-order valence-electron chi connectivity index (χ4n) is 9.99. The Morgan fingerprint density at radius 1 is 0.770 bits per heavy atom. The Kier molecular flexibility index (Phi) is 20.7. The number of ether oxygens (including phenoxy) is 6. The maximum atomic E-state index is 17.4. The van der Waals surface area contributed by atoms with E-state index in [2.05, 4.69) is 16.0 Å². The topological polar surface area (TPSA) is 200 Å². The number of rotatable bonds is 28. The largest absolute Gasteiger partial charge is 0.447 e. The van der Waals surface area contributed by atoms with Crippen LogP contribution in [0.2, 0.25) is 0 Å². The Labute approximate surface area is 365 Å². The maximum Gasteiger partial charge on any atom is 0.407 e. The third-order valence-electron chi connectivity index (χ3n) is 13.3. The van der Waals surface area contributed by atoms with Crippen molar-refractivity contribution in [1.29, 1.82) is 0 Å². The van der Waals surface area contributed by atoms with Gasteiger partial charge in [-0.2, -0.15) is 0 Å². The number of fused-ring (bicyclic) bond motifs is 5. The minimum absolute atomic E-state index is 0.0635. The van der Waals surface area contributed by atoms with Crippen molar-refractivity contribution in [1.82, 2.24) is 16.0 Å². The normalized spacial score (nSPS) is 30.1. The molecule has 3 fully saturated rings. The molecule has 0 radical (unpaired) electrons. The summed E-state index contributed by atoms with van der Waals surface area (Å²) in [4.78, 5) is 49.6. The van der Waals surface area contributed by atoms with Crippen LogP contribution in [0, 0.1) is 28.6 Å². The van der Waals surface area contributed by atoms with Crippen molar-refractivity contribution in [3.8, 4) is 0 Å². The van der Waals surface area contributed by atoms with Gasteiger partial charge in [0.1, 0.15) is 13.2 Å². The number of ketones is 1. The van der Waals surface area contributed by atoms with E-state index in [1.165, 1.54) is 12.2 Å². The van der Waals surface area contributed by atoms with Gasteiger partial charge in [-0.3, -0.25) is 9.59 Å². The van der Waals surface area contributed by atoms with Gasteiger partial charge < -0.3 is 54.6 Å². The number of alkyl carbamates (subject to hydrolysis) is 2. The van der Waals surface area contributed by atoms with E-state index >= 15 is 4.39 Å². The number of amides is 3. The Morgan fingerprint density at radius 3 is 1.98 bits per heavy atom. The minimum atomic E-state index is -2.03. The molecule has 348 valence electrons. The first-order valence-corrected chi connectivity index (χ1v) is 22.8. The summed E-state index contributed by atoms with van der Waals surface area (Å²) < 4.78 is 49.3. The van der Waals surface area contributed by atoms with Crippen LogP contribution in [0.1, 0.15) is 91.4 Å². The van der Waals surface area contributed by atoms with Crippen molar-refractivity contribution in [2.24, 2.45) is 28.6 Å². The number of hydrogen-bond donors (Lipinski definition) is 5. The fraction of sp³-hybridized carbons (Fsp3) is 0.818. The molecule has 0 heterocycles. The van der Waals surface area contributed by atoms with Crippen LogP contribution in [-0.4, -0.2) is 143 Å². The molecule has 0 aromatic heterocycles. The molecule has 0 aromatic carbocycles. The minimum Gasteiger partial charge on any atom is -0.447 e. The number of alkyl halides is 2. The molecule has 61 heavy (non-hydrogen) atoms. The molecule has 4 rings (SSSR count).